The van der Waals surface area contributed by atoms with Crippen LogP contribution in [0.3, 0.4) is 0 Å². The number of benzene rings is 1. The molecule has 19 heavy (non-hydrogen) atoms. The van der Waals surface area contributed by atoms with E-state index in [0.29, 0.717) is 13.0 Å². The number of carbonyl (C=O) groups excluding carboxylic acids is 1. The van der Waals surface area contributed by atoms with Crippen molar-refractivity contribution in [3.8, 4) is 11.3 Å². The molecule has 1 fully saturated rings. The van der Waals surface area contributed by atoms with E-state index in [1.807, 2.05) is 42.5 Å². The molecule has 3 rings (SSSR count). The average molecular weight is 253 g/mol. The third-order valence-corrected chi connectivity index (χ3v) is 3.28. The van der Waals surface area contributed by atoms with Gasteiger partial charge in [0, 0.05) is 24.6 Å². The molecule has 1 aliphatic rings. The van der Waals surface area contributed by atoms with E-state index in [0.717, 1.165) is 16.9 Å². The molecule has 0 spiro atoms. The van der Waals surface area contributed by atoms with E-state index in [-0.39, 0.29) is 11.9 Å². The summed E-state index contributed by atoms with van der Waals surface area (Å²) in [5.74, 6) is 0.0711. The summed E-state index contributed by atoms with van der Waals surface area (Å²) in [7, 11) is 0. The number of hydrogen-bond donors (Lipinski definition) is 1. The van der Waals surface area contributed by atoms with Gasteiger partial charge < -0.3 is 10.6 Å². The number of carbonyl (C=O) groups is 1. The van der Waals surface area contributed by atoms with Gasteiger partial charge in [0.15, 0.2) is 0 Å². The molecule has 0 saturated carbocycles. The first kappa shape index (κ1) is 11.9. The second-order valence-electron chi connectivity index (χ2n) is 4.74. The Balaban J connectivity index is 1.86. The molecule has 1 saturated heterocycles. The second-order valence-corrected chi connectivity index (χ2v) is 4.74. The fourth-order valence-electron chi connectivity index (χ4n) is 2.31. The fourth-order valence-corrected chi connectivity index (χ4v) is 2.31. The summed E-state index contributed by atoms with van der Waals surface area (Å²) in [5, 5.41) is 0. The maximum absolute atomic E-state index is 11.8. The molecule has 2 N–H and O–H groups in total. The first-order valence-electron chi connectivity index (χ1n) is 6.31. The zero-order valence-corrected chi connectivity index (χ0v) is 10.5. The maximum Gasteiger partial charge on any atom is 0.228 e. The van der Waals surface area contributed by atoms with Crippen molar-refractivity contribution in [1.29, 1.82) is 0 Å². The predicted molar refractivity (Wildman–Crippen MR) is 74.6 cm³/mol. The van der Waals surface area contributed by atoms with Crippen LogP contribution in [-0.2, 0) is 4.79 Å². The van der Waals surface area contributed by atoms with E-state index in [1.54, 1.807) is 11.1 Å². The van der Waals surface area contributed by atoms with Gasteiger partial charge in [-0.25, -0.2) is 0 Å². The highest BCUT2D eigenvalue weighted by atomic mass is 16.2. The number of amides is 1. The minimum atomic E-state index is -0.0682. The highest BCUT2D eigenvalue weighted by molar-refractivity contribution is 5.96. The van der Waals surface area contributed by atoms with Crippen molar-refractivity contribution in [2.75, 3.05) is 11.4 Å². The monoisotopic (exact) mass is 253 g/mol. The second kappa shape index (κ2) is 4.82. The molecule has 1 unspecified atom stereocenters. The molecule has 0 aliphatic carbocycles. The molecule has 4 heteroatoms. The van der Waals surface area contributed by atoms with E-state index in [9.17, 15) is 4.79 Å². The van der Waals surface area contributed by atoms with Crippen LogP contribution in [0.2, 0.25) is 0 Å². The van der Waals surface area contributed by atoms with E-state index in [2.05, 4.69) is 4.98 Å². The zero-order valence-electron chi connectivity index (χ0n) is 10.5. The van der Waals surface area contributed by atoms with Gasteiger partial charge in [-0.2, -0.15) is 0 Å². The summed E-state index contributed by atoms with van der Waals surface area (Å²) >= 11 is 0. The van der Waals surface area contributed by atoms with Gasteiger partial charge in [0.25, 0.3) is 0 Å². The summed E-state index contributed by atoms with van der Waals surface area (Å²) in [6, 6.07) is 13.7. The Morgan fingerprint density at radius 1 is 1.16 bits per heavy atom. The Morgan fingerprint density at radius 3 is 2.53 bits per heavy atom. The summed E-state index contributed by atoms with van der Waals surface area (Å²) < 4.78 is 0. The largest absolute Gasteiger partial charge is 0.326 e. The van der Waals surface area contributed by atoms with Crippen molar-refractivity contribution >= 4 is 11.6 Å². The zero-order chi connectivity index (χ0) is 13.2. The van der Waals surface area contributed by atoms with Crippen LogP contribution in [0.1, 0.15) is 6.42 Å². The molecular formula is C15H15N3O. The fraction of sp³-hybridized carbons (Fsp3) is 0.200. The van der Waals surface area contributed by atoms with E-state index < -0.39 is 0 Å². The van der Waals surface area contributed by atoms with Crippen LogP contribution in [0.25, 0.3) is 11.3 Å². The van der Waals surface area contributed by atoms with Crippen LogP contribution in [-0.4, -0.2) is 23.5 Å². The van der Waals surface area contributed by atoms with Gasteiger partial charge in [-0.3, -0.25) is 9.78 Å². The summed E-state index contributed by atoms with van der Waals surface area (Å²) in [5.41, 5.74) is 8.58. The van der Waals surface area contributed by atoms with Gasteiger partial charge in [-0.15, -0.1) is 0 Å². The minimum Gasteiger partial charge on any atom is -0.326 e. The maximum atomic E-state index is 11.8. The topological polar surface area (TPSA) is 59.2 Å². The number of pyridine rings is 1. The summed E-state index contributed by atoms with van der Waals surface area (Å²) in [4.78, 5) is 17.9. The smallest absolute Gasteiger partial charge is 0.228 e. The van der Waals surface area contributed by atoms with Crippen LogP contribution in [0.15, 0.2) is 48.7 Å². The lowest BCUT2D eigenvalue weighted by Crippen LogP contribution is -2.27. The Bertz CT molecular complexity index is 580. The summed E-state index contributed by atoms with van der Waals surface area (Å²) in [6.07, 6.45) is 2.15. The van der Waals surface area contributed by atoms with Gasteiger partial charge in [-0.1, -0.05) is 30.3 Å². The van der Waals surface area contributed by atoms with Crippen molar-refractivity contribution in [2.45, 2.75) is 12.5 Å². The molecule has 1 atom stereocenters. The quantitative estimate of drug-likeness (QED) is 0.888. The van der Waals surface area contributed by atoms with Crippen molar-refractivity contribution in [2.24, 2.45) is 5.73 Å². The lowest BCUT2D eigenvalue weighted by atomic mass is 10.1. The Labute approximate surface area is 111 Å². The SMILES string of the molecule is NC1CC(=O)N(c2ccc(-c3ccccc3)nc2)C1. The van der Waals surface area contributed by atoms with Gasteiger partial charge in [0.2, 0.25) is 5.91 Å². The van der Waals surface area contributed by atoms with Crippen LogP contribution in [0.4, 0.5) is 5.69 Å². The number of nitrogens with zero attached hydrogens (tertiary/aromatic N) is 2. The predicted octanol–water partition coefficient (Wildman–Crippen LogP) is 1.81. The minimum absolute atomic E-state index is 0.0682. The molecular weight excluding hydrogens is 238 g/mol. The number of hydrogen-bond acceptors (Lipinski definition) is 3. The Morgan fingerprint density at radius 2 is 1.95 bits per heavy atom. The van der Waals surface area contributed by atoms with Crippen LogP contribution < -0.4 is 10.6 Å². The third kappa shape index (κ3) is 2.35. The molecule has 1 aliphatic heterocycles. The number of aromatic nitrogens is 1. The standard InChI is InChI=1S/C15H15N3O/c16-12-8-15(19)18(10-12)13-6-7-14(17-9-13)11-4-2-1-3-5-11/h1-7,9,12H,8,10,16H2. The van der Waals surface area contributed by atoms with Crippen LogP contribution in [0.5, 0.6) is 0 Å². The normalized spacial score (nSPS) is 18.9. The molecule has 2 heterocycles. The molecule has 0 bridgehead atoms. The Hall–Kier alpha value is -2.20. The van der Waals surface area contributed by atoms with Gasteiger partial charge in [0.05, 0.1) is 17.6 Å². The molecule has 1 amide bonds. The first-order valence-corrected chi connectivity index (χ1v) is 6.31. The third-order valence-electron chi connectivity index (χ3n) is 3.28. The molecule has 96 valence electrons. The van der Waals surface area contributed by atoms with Gasteiger partial charge in [-0.05, 0) is 12.1 Å². The van der Waals surface area contributed by atoms with Crippen molar-refractivity contribution in [3.63, 3.8) is 0 Å². The van der Waals surface area contributed by atoms with Crippen molar-refractivity contribution < 1.29 is 4.79 Å². The average Bonchev–Trinajstić information content (AvgIpc) is 2.79. The molecule has 4 nitrogen and oxygen atoms in total. The molecule has 1 aromatic heterocycles. The lowest BCUT2D eigenvalue weighted by Gasteiger charge is -2.15. The van der Waals surface area contributed by atoms with Gasteiger partial charge in [0.1, 0.15) is 0 Å². The van der Waals surface area contributed by atoms with Gasteiger partial charge >= 0.3 is 0 Å². The molecule has 2 aromatic rings. The van der Waals surface area contributed by atoms with Crippen LogP contribution in [0, 0.1) is 0 Å². The lowest BCUT2D eigenvalue weighted by molar-refractivity contribution is -0.117. The molecule has 0 radical (unpaired) electrons. The number of nitrogens with two attached hydrogens (primary N) is 1. The molecule has 1 aromatic carbocycles. The summed E-state index contributed by atoms with van der Waals surface area (Å²) in [6.45, 7) is 0.575. The van der Waals surface area contributed by atoms with E-state index in [4.69, 9.17) is 5.73 Å². The number of rotatable bonds is 2. The highest BCUT2D eigenvalue weighted by Crippen LogP contribution is 2.23. The highest BCUT2D eigenvalue weighted by Gasteiger charge is 2.28. The Kier molecular flexibility index (Phi) is 3.01. The van der Waals surface area contributed by atoms with Crippen molar-refractivity contribution in [3.05, 3.63) is 48.7 Å². The van der Waals surface area contributed by atoms with Crippen LogP contribution >= 0.6 is 0 Å². The first-order chi connectivity index (χ1) is 9.24. The van der Waals surface area contributed by atoms with E-state index >= 15 is 0 Å². The number of anilines is 1. The van der Waals surface area contributed by atoms with E-state index in [1.165, 1.54) is 0 Å². The van der Waals surface area contributed by atoms with Crippen molar-refractivity contribution in [1.82, 2.24) is 4.98 Å².